The molecule has 1 atom stereocenters. The number of unbranched alkanes of at least 4 members (excludes halogenated alkanes) is 4. The van der Waals surface area contributed by atoms with Gasteiger partial charge in [-0.3, -0.25) is 0 Å². The largest absolute Gasteiger partial charge is 0.743 e. The first-order valence-corrected chi connectivity index (χ1v) is 13.1. The molecule has 0 rings (SSSR count). The molecular formula is C22H40F5NO5S. The summed E-state index contributed by atoms with van der Waals surface area (Å²) in [4.78, 5) is 10.4. The summed E-state index contributed by atoms with van der Waals surface area (Å²) in [6.45, 7) is 17.6. The van der Waals surface area contributed by atoms with E-state index in [4.69, 9.17) is 0 Å². The molecule has 0 radical (unpaired) electrons. The summed E-state index contributed by atoms with van der Waals surface area (Å²) in [7, 11) is -6.65. The van der Waals surface area contributed by atoms with Crippen LogP contribution in [-0.2, 0) is 19.6 Å². The van der Waals surface area contributed by atoms with Crippen molar-refractivity contribution in [3.8, 4) is 0 Å². The van der Waals surface area contributed by atoms with Crippen LogP contribution in [0.15, 0.2) is 12.7 Å². The second kappa shape index (κ2) is 16.4. The molecule has 0 saturated heterocycles. The van der Waals surface area contributed by atoms with Crippen LogP contribution in [0.1, 0.15) is 79.1 Å². The van der Waals surface area contributed by atoms with Gasteiger partial charge in [-0.2, -0.15) is 22.0 Å². The fraction of sp³-hybridized carbons (Fsp3) is 0.864. The van der Waals surface area contributed by atoms with Crippen molar-refractivity contribution in [2.24, 2.45) is 0 Å². The quantitative estimate of drug-likeness (QED) is 0.0838. The van der Waals surface area contributed by atoms with E-state index < -0.39 is 33.6 Å². The third kappa shape index (κ3) is 13.0. The molecule has 0 spiro atoms. The highest BCUT2D eigenvalue weighted by Gasteiger charge is 2.62. The van der Waals surface area contributed by atoms with Crippen molar-refractivity contribution >= 4 is 16.1 Å². The lowest BCUT2D eigenvalue weighted by Gasteiger charge is -2.39. The van der Waals surface area contributed by atoms with Crippen LogP contribution < -0.4 is 0 Å². The van der Waals surface area contributed by atoms with Gasteiger partial charge < -0.3 is 13.8 Å². The number of halogens is 5. The van der Waals surface area contributed by atoms with Crippen LogP contribution in [0, 0.1) is 0 Å². The number of hydrogen-bond donors (Lipinski definition) is 0. The Morgan fingerprint density at radius 1 is 0.882 bits per heavy atom. The Balaban J connectivity index is 0. The molecule has 0 aromatic heterocycles. The highest BCUT2D eigenvalue weighted by Crippen LogP contribution is 2.37. The molecule has 0 heterocycles. The fourth-order valence-corrected chi connectivity index (χ4v) is 3.71. The summed E-state index contributed by atoms with van der Waals surface area (Å²) in [5.74, 6) is -1.95. The zero-order valence-electron chi connectivity index (χ0n) is 20.6. The second-order valence-corrected chi connectivity index (χ2v) is 9.68. The van der Waals surface area contributed by atoms with Crippen molar-refractivity contribution < 1.29 is 48.9 Å². The molecule has 0 fully saturated rings. The van der Waals surface area contributed by atoms with Gasteiger partial charge in [0.05, 0.1) is 26.2 Å². The summed E-state index contributed by atoms with van der Waals surface area (Å²) in [5.41, 5.74) is 0. The monoisotopic (exact) mass is 525 g/mol. The maximum Gasteiger partial charge on any atom is 0.432 e. The zero-order valence-corrected chi connectivity index (χ0v) is 21.5. The molecule has 12 heteroatoms. The Labute approximate surface area is 200 Å². The summed E-state index contributed by atoms with van der Waals surface area (Å²) >= 11 is 0. The van der Waals surface area contributed by atoms with Crippen LogP contribution in [0.25, 0.3) is 0 Å². The van der Waals surface area contributed by atoms with Crippen molar-refractivity contribution in [2.75, 3.05) is 26.2 Å². The number of ether oxygens (including phenoxy) is 1. The minimum atomic E-state index is -6.65. The smallest absolute Gasteiger partial charge is 0.432 e. The van der Waals surface area contributed by atoms with Crippen LogP contribution in [0.5, 0.6) is 0 Å². The van der Waals surface area contributed by atoms with Crippen molar-refractivity contribution in [3.05, 3.63) is 12.7 Å². The van der Waals surface area contributed by atoms with E-state index in [0.29, 0.717) is 0 Å². The molecule has 6 nitrogen and oxygen atoms in total. The standard InChI is InChI=1S/C16H36N.C6H5F5O5S/c1-5-9-13-17(14-10-6-2,15-11-7-3)16-12-8-4;1-2-3(12)16-4(5(7,8)9)6(10,11)17(13,14)15/h5-16H2,1-4H3;2,4H,1H2,(H,13,14,15)/q+1;/p-1. The van der Waals surface area contributed by atoms with E-state index >= 15 is 0 Å². The number of alkyl halides is 5. The lowest BCUT2D eigenvalue weighted by Crippen LogP contribution is -2.52. The maximum atomic E-state index is 12.7. The van der Waals surface area contributed by atoms with Crippen LogP contribution in [0.2, 0.25) is 0 Å². The number of quaternary nitrogens is 1. The predicted molar refractivity (Wildman–Crippen MR) is 120 cm³/mol. The van der Waals surface area contributed by atoms with Crippen molar-refractivity contribution in [2.45, 2.75) is 96.6 Å². The van der Waals surface area contributed by atoms with E-state index in [0.717, 1.165) is 0 Å². The zero-order chi connectivity index (χ0) is 27.1. The van der Waals surface area contributed by atoms with Crippen molar-refractivity contribution in [1.29, 1.82) is 0 Å². The molecular weight excluding hydrogens is 485 g/mol. The molecule has 0 bridgehead atoms. The third-order valence-electron chi connectivity index (χ3n) is 5.28. The Kier molecular flexibility index (Phi) is 16.8. The normalized spacial score (nSPS) is 13.6. The fourth-order valence-electron chi connectivity index (χ4n) is 3.27. The van der Waals surface area contributed by atoms with Gasteiger partial charge in [0.2, 0.25) is 0 Å². The Bertz CT molecular complexity index is 646. The topological polar surface area (TPSA) is 83.5 Å². The summed E-state index contributed by atoms with van der Waals surface area (Å²) < 4.78 is 96.0. The van der Waals surface area contributed by atoms with Crippen molar-refractivity contribution in [3.63, 3.8) is 0 Å². The van der Waals surface area contributed by atoms with Crippen molar-refractivity contribution in [1.82, 2.24) is 0 Å². The summed E-state index contributed by atoms with van der Waals surface area (Å²) in [5, 5.41) is -5.83. The van der Waals surface area contributed by atoms with Gasteiger partial charge in [0, 0.05) is 6.08 Å². The molecule has 0 aliphatic carbocycles. The number of rotatable bonds is 16. The number of hydrogen-bond acceptors (Lipinski definition) is 5. The molecule has 0 aromatic rings. The molecule has 0 aromatic carbocycles. The number of carbonyl (C=O) groups excluding carboxylic acids is 1. The van der Waals surface area contributed by atoms with Gasteiger partial charge in [0.1, 0.15) is 0 Å². The Hall–Kier alpha value is -1.27. The highest BCUT2D eigenvalue weighted by atomic mass is 32.2. The molecule has 0 aliphatic heterocycles. The Morgan fingerprint density at radius 3 is 1.41 bits per heavy atom. The van der Waals surface area contributed by atoms with Gasteiger partial charge in [-0.1, -0.05) is 60.0 Å². The first-order chi connectivity index (χ1) is 15.6. The minimum absolute atomic E-state index is 0.103. The first-order valence-electron chi connectivity index (χ1n) is 11.7. The van der Waals surface area contributed by atoms with Gasteiger partial charge in [0.15, 0.2) is 10.1 Å². The second-order valence-electron chi connectivity index (χ2n) is 8.23. The molecule has 0 saturated carbocycles. The lowest BCUT2D eigenvalue weighted by atomic mass is 10.1. The molecule has 0 N–H and O–H groups in total. The van der Waals surface area contributed by atoms with Crippen LogP contribution in [-0.4, -0.2) is 67.1 Å². The minimum Gasteiger partial charge on any atom is -0.743 e. The van der Waals surface area contributed by atoms with E-state index in [1.165, 1.54) is 82.0 Å². The number of nitrogens with zero attached hydrogens (tertiary/aromatic N) is 1. The van der Waals surface area contributed by atoms with Gasteiger partial charge in [-0.05, 0) is 25.7 Å². The average Bonchev–Trinajstić information content (AvgIpc) is 2.75. The van der Waals surface area contributed by atoms with E-state index in [2.05, 4.69) is 39.0 Å². The van der Waals surface area contributed by atoms with Crippen LogP contribution in [0.4, 0.5) is 22.0 Å². The van der Waals surface area contributed by atoms with Gasteiger partial charge in [-0.25, -0.2) is 13.2 Å². The highest BCUT2D eigenvalue weighted by molar-refractivity contribution is 7.86. The van der Waals surface area contributed by atoms with Crippen LogP contribution in [0.3, 0.4) is 0 Å². The van der Waals surface area contributed by atoms with Crippen LogP contribution >= 0.6 is 0 Å². The lowest BCUT2D eigenvalue weighted by molar-refractivity contribution is -0.929. The number of esters is 1. The average molecular weight is 526 g/mol. The SMILES string of the molecule is C=CC(=O)OC(C(F)(F)F)C(F)(F)S(=O)(=O)[O-].CCCC[N+](CCCC)(CCCC)CCCC. The van der Waals surface area contributed by atoms with E-state index in [1.54, 1.807) is 0 Å². The third-order valence-corrected chi connectivity index (χ3v) is 6.16. The number of carbonyl (C=O) groups is 1. The maximum absolute atomic E-state index is 12.7. The predicted octanol–water partition coefficient (Wildman–Crippen LogP) is 5.79. The first kappa shape index (κ1) is 34.9. The Morgan fingerprint density at radius 2 is 1.21 bits per heavy atom. The van der Waals surface area contributed by atoms with E-state index in [-0.39, 0.29) is 6.08 Å². The van der Waals surface area contributed by atoms with E-state index in [1.807, 2.05) is 0 Å². The van der Waals surface area contributed by atoms with Gasteiger partial charge in [0.25, 0.3) is 6.10 Å². The summed E-state index contributed by atoms with van der Waals surface area (Å²) in [6, 6.07) is 0. The molecule has 34 heavy (non-hydrogen) atoms. The molecule has 1 unspecified atom stereocenters. The molecule has 204 valence electrons. The molecule has 0 amide bonds. The molecule has 0 aliphatic rings. The van der Waals surface area contributed by atoms with E-state index in [9.17, 15) is 39.7 Å². The van der Waals surface area contributed by atoms with Gasteiger partial charge >= 0.3 is 17.4 Å². The van der Waals surface area contributed by atoms with Gasteiger partial charge in [-0.15, -0.1) is 0 Å². The summed E-state index contributed by atoms with van der Waals surface area (Å²) in [6.07, 6.45) is 0.848.